The Morgan fingerprint density at radius 2 is 2.21 bits per heavy atom. The average molecular weight is 254 g/mol. The van der Waals surface area contributed by atoms with Crippen molar-refractivity contribution in [2.24, 2.45) is 0 Å². The van der Waals surface area contributed by atoms with Gasteiger partial charge in [-0.2, -0.15) is 5.10 Å². The van der Waals surface area contributed by atoms with Gasteiger partial charge in [-0.25, -0.2) is 0 Å². The Morgan fingerprint density at radius 3 is 2.79 bits per heavy atom. The van der Waals surface area contributed by atoms with E-state index in [0.29, 0.717) is 10.2 Å². The van der Waals surface area contributed by atoms with Gasteiger partial charge in [-0.3, -0.25) is 5.10 Å². The zero-order chi connectivity index (χ0) is 10.1. The number of nitrogens with zero attached hydrogens (tertiary/aromatic N) is 1. The summed E-state index contributed by atoms with van der Waals surface area (Å²) in [7, 11) is 0. The van der Waals surface area contributed by atoms with Crippen molar-refractivity contribution in [2.45, 2.75) is 0 Å². The fraction of sp³-hybridized carbons (Fsp3) is 0. The lowest BCUT2D eigenvalue weighted by atomic mass is 10.1. The van der Waals surface area contributed by atoms with Crippen molar-refractivity contribution in [3.8, 4) is 17.0 Å². The van der Waals surface area contributed by atoms with Crippen LogP contribution >= 0.6 is 15.9 Å². The Kier molecular flexibility index (Phi) is 2.17. The molecule has 4 N–H and O–H groups in total. The van der Waals surface area contributed by atoms with Crippen LogP contribution in [0.4, 0.5) is 5.69 Å². The molecule has 2 aromatic rings. The number of H-pyrrole nitrogens is 1. The molecule has 0 saturated heterocycles. The highest BCUT2D eigenvalue weighted by atomic mass is 79.9. The van der Waals surface area contributed by atoms with E-state index in [2.05, 4.69) is 26.1 Å². The highest BCUT2D eigenvalue weighted by Gasteiger charge is 2.06. The van der Waals surface area contributed by atoms with Crippen molar-refractivity contribution >= 4 is 21.6 Å². The van der Waals surface area contributed by atoms with E-state index in [-0.39, 0.29) is 5.75 Å². The number of rotatable bonds is 1. The number of hydrogen-bond acceptors (Lipinski definition) is 3. The first-order valence-corrected chi connectivity index (χ1v) is 4.75. The lowest BCUT2D eigenvalue weighted by molar-refractivity contribution is 0.472. The summed E-state index contributed by atoms with van der Waals surface area (Å²) in [6, 6.07) is 5.14. The predicted octanol–water partition coefficient (Wildman–Crippen LogP) is 2.13. The normalized spacial score (nSPS) is 10.4. The minimum absolute atomic E-state index is 0.201. The number of aromatic amines is 1. The van der Waals surface area contributed by atoms with Crippen molar-refractivity contribution in [1.82, 2.24) is 10.2 Å². The molecule has 1 aromatic heterocycles. The Labute approximate surface area is 88.9 Å². The largest absolute Gasteiger partial charge is 0.507 e. The van der Waals surface area contributed by atoms with Gasteiger partial charge in [-0.05, 0) is 34.1 Å². The highest BCUT2D eigenvalue weighted by Crippen LogP contribution is 2.30. The van der Waals surface area contributed by atoms with Crippen LogP contribution in [0.15, 0.2) is 28.9 Å². The molecular weight excluding hydrogens is 246 g/mol. The molecule has 0 bridgehead atoms. The van der Waals surface area contributed by atoms with Crippen LogP contribution in [-0.4, -0.2) is 15.3 Å². The number of benzene rings is 1. The maximum atomic E-state index is 9.31. The van der Waals surface area contributed by atoms with Gasteiger partial charge in [0.05, 0.1) is 22.1 Å². The number of nitrogen functional groups attached to an aromatic ring is 1. The van der Waals surface area contributed by atoms with Gasteiger partial charge in [0, 0.05) is 5.56 Å². The van der Waals surface area contributed by atoms with Gasteiger partial charge in [0.1, 0.15) is 5.75 Å². The van der Waals surface area contributed by atoms with Crippen molar-refractivity contribution in [1.29, 1.82) is 0 Å². The van der Waals surface area contributed by atoms with E-state index in [9.17, 15) is 5.11 Å². The summed E-state index contributed by atoms with van der Waals surface area (Å²) in [5.41, 5.74) is 7.91. The number of aromatic hydroxyl groups is 1. The van der Waals surface area contributed by atoms with Crippen molar-refractivity contribution in [2.75, 3.05) is 5.73 Å². The first-order chi connectivity index (χ1) is 6.68. The molecule has 14 heavy (non-hydrogen) atoms. The van der Waals surface area contributed by atoms with E-state index in [1.165, 1.54) is 0 Å². The monoisotopic (exact) mass is 253 g/mol. The number of halogens is 1. The summed E-state index contributed by atoms with van der Waals surface area (Å²) in [5.74, 6) is 0.201. The molecule has 1 aromatic carbocycles. The molecule has 0 unspecified atom stereocenters. The number of phenols is 1. The van der Waals surface area contributed by atoms with Gasteiger partial charge in [-0.1, -0.05) is 0 Å². The predicted molar refractivity (Wildman–Crippen MR) is 57.8 cm³/mol. The molecule has 2 rings (SSSR count). The maximum Gasteiger partial charge on any atom is 0.129 e. The molecule has 4 nitrogen and oxygen atoms in total. The van der Waals surface area contributed by atoms with Gasteiger partial charge >= 0.3 is 0 Å². The van der Waals surface area contributed by atoms with Crippen LogP contribution in [0.25, 0.3) is 11.3 Å². The fourth-order valence-corrected chi connectivity index (χ4v) is 1.57. The van der Waals surface area contributed by atoms with Gasteiger partial charge < -0.3 is 10.8 Å². The fourth-order valence-electron chi connectivity index (χ4n) is 1.19. The van der Waals surface area contributed by atoms with E-state index in [4.69, 9.17) is 5.73 Å². The lowest BCUT2D eigenvalue weighted by Crippen LogP contribution is -1.86. The molecule has 1 heterocycles. The summed E-state index contributed by atoms with van der Waals surface area (Å²) in [6.07, 6.45) is 1.55. The highest BCUT2D eigenvalue weighted by molar-refractivity contribution is 9.10. The molecule has 0 fully saturated rings. The lowest BCUT2D eigenvalue weighted by Gasteiger charge is -2.01. The van der Waals surface area contributed by atoms with E-state index in [1.807, 2.05) is 0 Å². The van der Waals surface area contributed by atoms with Gasteiger partial charge in [0.25, 0.3) is 0 Å². The van der Waals surface area contributed by atoms with Gasteiger partial charge in [-0.15, -0.1) is 0 Å². The molecule has 0 saturated carbocycles. The second-order valence-corrected chi connectivity index (χ2v) is 3.72. The number of phenolic OH excluding ortho intramolecular Hbond substituents is 1. The number of hydrogen-bond donors (Lipinski definition) is 3. The molecule has 5 heteroatoms. The van der Waals surface area contributed by atoms with Crippen molar-refractivity contribution < 1.29 is 5.11 Å². The molecule has 0 aliphatic carbocycles. The van der Waals surface area contributed by atoms with Crippen LogP contribution < -0.4 is 5.73 Å². The zero-order valence-electron chi connectivity index (χ0n) is 7.16. The Balaban J connectivity index is 2.53. The summed E-state index contributed by atoms with van der Waals surface area (Å²) in [6.45, 7) is 0. The number of nitrogens with one attached hydrogen (secondary N) is 1. The maximum absolute atomic E-state index is 9.31. The molecule has 0 radical (unpaired) electrons. The van der Waals surface area contributed by atoms with E-state index < -0.39 is 0 Å². The molecule has 0 atom stereocenters. The van der Waals surface area contributed by atoms with Gasteiger partial charge in [0.15, 0.2) is 0 Å². The van der Waals surface area contributed by atoms with Crippen LogP contribution in [-0.2, 0) is 0 Å². The third-order valence-electron chi connectivity index (χ3n) is 1.91. The summed E-state index contributed by atoms with van der Waals surface area (Å²) >= 11 is 3.23. The molecule has 72 valence electrons. The summed E-state index contributed by atoms with van der Waals surface area (Å²) in [4.78, 5) is 0. The van der Waals surface area contributed by atoms with Crippen molar-refractivity contribution in [3.05, 3.63) is 28.9 Å². The minimum atomic E-state index is 0.201. The first-order valence-electron chi connectivity index (χ1n) is 3.96. The van der Waals surface area contributed by atoms with Crippen LogP contribution in [0.5, 0.6) is 5.75 Å². The minimum Gasteiger partial charge on any atom is -0.507 e. The second-order valence-electron chi connectivity index (χ2n) is 2.87. The number of nitrogens with two attached hydrogens (primary N) is 1. The topological polar surface area (TPSA) is 74.9 Å². The SMILES string of the molecule is Nc1cn[nH]c1-c1ccc(O)c(Br)c1. The van der Waals surface area contributed by atoms with E-state index in [1.54, 1.807) is 24.4 Å². The Hall–Kier alpha value is -1.49. The zero-order valence-corrected chi connectivity index (χ0v) is 8.75. The standard InChI is InChI=1S/C9H8BrN3O/c10-6-3-5(1-2-8(6)14)9-7(11)4-12-13-9/h1-4,14H,11H2,(H,12,13). The molecular formula is C9H8BrN3O. The molecule has 0 amide bonds. The van der Waals surface area contributed by atoms with Crippen LogP contribution in [0, 0.1) is 0 Å². The third kappa shape index (κ3) is 1.46. The molecule has 0 aliphatic heterocycles. The number of aromatic nitrogens is 2. The Morgan fingerprint density at radius 1 is 1.43 bits per heavy atom. The quantitative estimate of drug-likeness (QED) is 0.729. The second kappa shape index (κ2) is 3.34. The summed E-state index contributed by atoms with van der Waals surface area (Å²) < 4.78 is 0.629. The van der Waals surface area contributed by atoms with Crippen LogP contribution in [0.2, 0.25) is 0 Å². The van der Waals surface area contributed by atoms with E-state index >= 15 is 0 Å². The third-order valence-corrected chi connectivity index (χ3v) is 2.54. The molecule has 0 aliphatic rings. The van der Waals surface area contributed by atoms with Crippen LogP contribution in [0.3, 0.4) is 0 Å². The first kappa shape index (κ1) is 9.08. The van der Waals surface area contributed by atoms with E-state index in [0.717, 1.165) is 11.3 Å². The average Bonchev–Trinajstić information content (AvgIpc) is 2.57. The summed E-state index contributed by atoms with van der Waals surface area (Å²) in [5, 5.41) is 15.9. The van der Waals surface area contributed by atoms with Gasteiger partial charge in [0.2, 0.25) is 0 Å². The molecule has 0 spiro atoms. The Bertz CT molecular complexity index is 467. The number of anilines is 1. The van der Waals surface area contributed by atoms with Crippen LogP contribution in [0.1, 0.15) is 0 Å². The van der Waals surface area contributed by atoms with Crippen molar-refractivity contribution in [3.63, 3.8) is 0 Å². The smallest absolute Gasteiger partial charge is 0.129 e.